The molecule has 0 aliphatic rings. The molecule has 116 valence electrons. The molecule has 1 heterocycles. The van der Waals surface area contributed by atoms with E-state index in [0.29, 0.717) is 0 Å². The van der Waals surface area contributed by atoms with Crippen LogP contribution in [0.15, 0.2) is 5.03 Å². The number of aromatic carboxylic acids is 1. The van der Waals surface area contributed by atoms with Crippen LogP contribution in [0.25, 0.3) is 0 Å². The molecule has 0 saturated heterocycles. The second kappa shape index (κ2) is 7.16. The Labute approximate surface area is 122 Å². The van der Waals surface area contributed by atoms with E-state index in [-0.39, 0.29) is 31.8 Å². The van der Waals surface area contributed by atoms with E-state index in [9.17, 15) is 13.2 Å². The molecular weight excluding hydrogens is 300 g/mol. The number of aromatic amines is 1. The summed E-state index contributed by atoms with van der Waals surface area (Å²) in [5.74, 6) is -1.38. The van der Waals surface area contributed by atoms with Crippen molar-refractivity contribution in [3.05, 3.63) is 11.3 Å². The number of nitrogens with zero attached hydrogens (tertiary/aromatic N) is 3. The first-order chi connectivity index (χ1) is 9.86. The van der Waals surface area contributed by atoms with Crippen molar-refractivity contribution < 1.29 is 23.1 Å². The lowest BCUT2D eigenvalue weighted by Crippen LogP contribution is -2.35. The fraction of sp³-hybridized carbons (Fsp3) is 0.545. The molecule has 0 radical (unpaired) electrons. The average Bonchev–Trinajstić information content (AvgIpc) is 2.81. The topological polar surface area (TPSA) is 136 Å². The van der Waals surface area contributed by atoms with Crippen molar-refractivity contribution in [2.24, 2.45) is 0 Å². The number of nitriles is 1. The minimum Gasteiger partial charge on any atom is -0.478 e. The minimum atomic E-state index is -4.12. The Morgan fingerprint density at radius 3 is 2.71 bits per heavy atom. The van der Waals surface area contributed by atoms with E-state index in [1.54, 1.807) is 0 Å². The molecule has 9 nitrogen and oxygen atoms in total. The van der Waals surface area contributed by atoms with Gasteiger partial charge in [0, 0.05) is 32.3 Å². The molecule has 0 unspecified atom stereocenters. The summed E-state index contributed by atoms with van der Waals surface area (Å²) in [7, 11) is -2.71. The van der Waals surface area contributed by atoms with Crippen LogP contribution in [0.5, 0.6) is 0 Å². The molecule has 2 N–H and O–H groups in total. The van der Waals surface area contributed by atoms with Gasteiger partial charge in [-0.05, 0) is 6.92 Å². The molecule has 0 atom stereocenters. The molecule has 0 aromatic carbocycles. The van der Waals surface area contributed by atoms with Crippen LogP contribution in [0.1, 0.15) is 22.5 Å². The fourth-order valence-corrected chi connectivity index (χ4v) is 3.24. The van der Waals surface area contributed by atoms with Gasteiger partial charge in [0.1, 0.15) is 5.56 Å². The van der Waals surface area contributed by atoms with Crippen LogP contribution in [0.4, 0.5) is 0 Å². The van der Waals surface area contributed by atoms with E-state index >= 15 is 0 Å². The predicted molar refractivity (Wildman–Crippen MR) is 71.1 cm³/mol. The van der Waals surface area contributed by atoms with Crippen LogP contribution in [-0.4, -0.2) is 60.8 Å². The van der Waals surface area contributed by atoms with Gasteiger partial charge in [0.05, 0.1) is 12.7 Å². The van der Waals surface area contributed by atoms with Crippen LogP contribution in [0, 0.1) is 18.3 Å². The summed E-state index contributed by atoms with van der Waals surface area (Å²) in [5, 5.41) is 23.1. The second-order valence-corrected chi connectivity index (χ2v) is 5.99. The maximum atomic E-state index is 12.5. The Kier molecular flexibility index (Phi) is 5.83. The molecule has 1 aromatic rings. The molecule has 0 aliphatic heterocycles. The van der Waals surface area contributed by atoms with E-state index in [1.807, 2.05) is 6.07 Å². The number of carboxylic acid groups (broad SMARTS) is 1. The van der Waals surface area contributed by atoms with Gasteiger partial charge in [-0.25, -0.2) is 13.2 Å². The average molecular weight is 316 g/mol. The van der Waals surface area contributed by atoms with E-state index in [0.717, 1.165) is 4.31 Å². The summed E-state index contributed by atoms with van der Waals surface area (Å²) in [4.78, 5) is 11.2. The number of nitrogens with one attached hydrogen (secondary N) is 1. The number of rotatable bonds is 8. The molecule has 1 aromatic heterocycles. The Balaban J connectivity index is 3.22. The molecule has 10 heteroatoms. The van der Waals surface area contributed by atoms with Crippen molar-refractivity contribution >= 4 is 16.0 Å². The highest BCUT2D eigenvalue weighted by atomic mass is 32.2. The summed E-state index contributed by atoms with van der Waals surface area (Å²) >= 11 is 0. The van der Waals surface area contributed by atoms with Crippen LogP contribution in [0.2, 0.25) is 0 Å². The van der Waals surface area contributed by atoms with Crippen molar-refractivity contribution in [2.75, 3.05) is 26.8 Å². The summed E-state index contributed by atoms with van der Waals surface area (Å²) < 4.78 is 30.8. The lowest BCUT2D eigenvalue weighted by atomic mass is 10.3. The number of aryl methyl sites for hydroxylation is 1. The number of sulfonamides is 1. The highest BCUT2D eigenvalue weighted by molar-refractivity contribution is 7.89. The number of carboxylic acids is 1. The Bertz CT molecular complexity index is 646. The minimum absolute atomic E-state index is 0.00544. The number of ether oxygens (including phenoxy) is 1. The van der Waals surface area contributed by atoms with Crippen LogP contribution < -0.4 is 0 Å². The van der Waals surface area contributed by atoms with Gasteiger partial charge in [-0.15, -0.1) is 0 Å². The first kappa shape index (κ1) is 17.1. The molecule has 0 saturated carbocycles. The van der Waals surface area contributed by atoms with Gasteiger partial charge >= 0.3 is 5.97 Å². The molecule has 0 bridgehead atoms. The highest BCUT2D eigenvalue weighted by Gasteiger charge is 2.32. The maximum Gasteiger partial charge on any atom is 0.340 e. The quantitative estimate of drug-likeness (QED) is 0.687. The third-order valence-electron chi connectivity index (χ3n) is 2.73. The first-order valence-electron chi connectivity index (χ1n) is 6.00. The third kappa shape index (κ3) is 3.78. The molecule has 21 heavy (non-hydrogen) atoms. The van der Waals surface area contributed by atoms with Crippen molar-refractivity contribution in [1.82, 2.24) is 14.5 Å². The predicted octanol–water partition coefficient (Wildman–Crippen LogP) is -0.0329. The first-order valence-corrected chi connectivity index (χ1v) is 7.44. The summed E-state index contributed by atoms with van der Waals surface area (Å²) in [6.07, 6.45) is -0.0191. The highest BCUT2D eigenvalue weighted by Crippen LogP contribution is 2.20. The summed E-state index contributed by atoms with van der Waals surface area (Å²) in [6.45, 7) is 1.49. The van der Waals surface area contributed by atoms with Crippen LogP contribution in [0.3, 0.4) is 0 Å². The molecule has 0 spiro atoms. The largest absolute Gasteiger partial charge is 0.478 e. The van der Waals surface area contributed by atoms with Gasteiger partial charge in [-0.1, -0.05) is 0 Å². The fourth-order valence-electron chi connectivity index (χ4n) is 1.69. The molecular formula is C11H16N4O5S. The summed E-state index contributed by atoms with van der Waals surface area (Å²) in [5.41, 5.74) is -0.248. The molecule has 0 amide bonds. The van der Waals surface area contributed by atoms with Gasteiger partial charge in [0.15, 0.2) is 0 Å². The van der Waals surface area contributed by atoms with Crippen LogP contribution in [-0.2, 0) is 14.8 Å². The standard InChI is InChI=1S/C11H16N4O5S/c1-8-9(11(16)17)10(14-13-8)21(18,19)15(5-3-4-12)6-7-20-2/h3,5-7H2,1-2H3,(H,13,14)(H,16,17). The SMILES string of the molecule is COCCN(CCC#N)S(=O)(=O)c1n[nH]c(C)c1C(=O)O. The Hall–Kier alpha value is -1.96. The Morgan fingerprint density at radius 1 is 1.52 bits per heavy atom. The van der Waals surface area contributed by atoms with Gasteiger partial charge in [-0.2, -0.15) is 14.7 Å². The van der Waals surface area contributed by atoms with Crippen molar-refractivity contribution in [3.8, 4) is 6.07 Å². The third-order valence-corrected chi connectivity index (χ3v) is 4.56. The van der Waals surface area contributed by atoms with Gasteiger partial charge in [0.25, 0.3) is 10.0 Å². The van der Waals surface area contributed by atoms with Crippen molar-refractivity contribution in [3.63, 3.8) is 0 Å². The van der Waals surface area contributed by atoms with Gasteiger partial charge in [-0.3, -0.25) is 5.10 Å². The normalized spacial score (nSPS) is 11.5. The van der Waals surface area contributed by atoms with Crippen LogP contribution >= 0.6 is 0 Å². The number of methoxy groups -OCH3 is 1. The maximum absolute atomic E-state index is 12.5. The monoisotopic (exact) mass is 316 g/mol. The number of hydrogen-bond donors (Lipinski definition) is 2. The number of carbonyl (C=O) groups is 1. The van der Waals surface area contributed by atoms with E-state index in [1.165, 1.54) is 14.0 Å². The molecule has 1 rings (SSSR count). The number of hydrogen-bond acceptors (Lipinski definition) is 6. The van der Waals surface area contributed by atoms with Gasteiger partial charge in [0.2, 0.25) is 5.03 Å². The molecule has 0 aliphatic carbocycles. The van der Waals surface area contributed by atoms with Gasteiger partial charge < -0.3 is 9.84 Å². The lowest BCUT2D eigenvalue weighted by molar-refractivity contribution is 0.0691. The van der Waals surface area contributed by atoms with E-state index < -0.39 is 26.6 Å². The van der Waals surface area contributed by atoms with Crippen molar-refractivity contribution in [2.45, 2.75) is 18.4 Å². The zero-order valence-electron chi connectivity index (χ0n) is 11.7. The summed E-state index contributed by atoms with van der Waals surface area (Å²) in [6, 6.07) is 1.85. The lowest BCUT2D eigenvalue weighted by Gasteiger charge is -2.19. The van der Waals surface area contributed by atoms with Crippen molar-refractivity contribution in [1.29, 1.82) is 5.26 Å². The Morgan fingerprint density at radius 2 is 2.19 bits per heavy atom. The van der Waals surface area contributed by atoms with E-state index in [4.69, 9.17) is 15.1 Å². The number of H-pyrrole nitrogens is 1. The molecule has 0 fully saturated rings. The second-order valence-electron chi connectivity index (χ2n) is 4.14. The zero-order valence-corrected chi connectivity index (χ0v) is 12.5. The number of aromatic nitrogens is 2. The van der Waals surface area contributed by atoms with E-state index in [2.05, 4.69) is 10.2 Å². The smallest absolute Gasteiger partial charge is 0.340 e. The zero-order chi connectivity index (χ0) is 16.0.